The topological polar surface area (TPSA) is 96.2 Å². The predicted molar refractivity (Wildman–Crippen MR) is 119 cm³/mol. The molecule has 2 aromatic carbocycles. The number of nitrogens with one attached hydrogen (secondary N) is 3. The first-order valence-corrected chi connectivity index (χ1v) is 10.3. The number of rotatable bonds is 2. The lowest BCUT2D eigenvalue weighted by Gasteiger charge is -2.25. The summed E-state index contributed by atoms with van der Waals surface area (Å²) in [6.45, 7) is 0. The Bertz CT molecular complexity index is 1010. The highest BCUT2D eigenvalue weighted by atomic mass is 35.5. The van der Waals surface area contributed by atoms with Crippen molar-refractivity contribution in [2.24, 2.45) is 5.84 Å². The van der Waals surface area contributed by atoms with Crippen molar-refractivity contribution in [3.05, 3.63) is 80.5 Å². The molecule has 6 nitrogen and oxygen atoms in total. The van der Waals surface area contributed by atoms with Crippen LogP contribution in [-0.2, 0) is 0 Å². The van der Waals surface area contributed by atoms with Crippen LogP contribution < -0.4 is 21.9 Å². The molecule has 4 rings (SSSR count). The molecule has 0 aliphatic carbocycles. The first-order valence-electron chi connectivity index (χ1n) is 8.62. The summed E-state index contributed by atoms with van der Waals surface area (Å²) in [5.41, 5.74) is 4.14. The number of hydrogen-bond acceptors (Lipinski definition) is 5. The Kier molecular flexibility index (Phi) is 7.11. The Morgan fingerprint density at radius 1 is 1.14 bits per heavy atom. The number of carbonyl (C=O) groups is 2. The van der Waals surface area contributed by atoms with Crippen molar-refractivity contribution in [1.82, 2.24) is 5.43 Å². The maximum atomic E-state index is 12.0. The molecular weight excluding hydrogens is 431 g/mol. The first kappa shape index (κ1) is 21.1. The molecule has 1 unspecified atom stereocenters. The fourth-order valence-corrected chi connectivity index (χ4v) is 4.03. The number of benzene rings is 2. The molecular formula is C20H18Cl2N4O2S. The average Bonchev–Trinajstić information content (AvgIpc) is 3.25. The number of ketones is 1. The minimum atomic E-state index is -0.538. The second kappa shape index (κ2) is 9.76. The van der Waals surface area contributed by atoms with Crippen LogP contribution in [0.4, 0.5) is 16.2 Å². The monoisotopic (exact) mass is 448 g/mol. The van der Waals surface area contributed by atoms with E-state index in [0.717, 1.165) is 11.3 Å². The number of anilines is 2. The van der Waals surface area contributed by atoms with Crippen molar-refractivity contribution in [2.75, 3.05) is 10.6 Å². The summed E-state index contributed by atoms with van der Waals surface area (Å²) >= 11 is 13.1. The molecule has 0 saturated carbocycles. The van der Waals surface area contributed by atoms with E-state index in [1.165, 1.54) is 10.9 Å². The van der Waals surface area contributed by atoms with E-state index in [2.05, 4.69) is 16.7 Å². The molecule has 1 aliphatic rings. The quantitative estimate of drug-likeness (QED) is 0.237. The number of hydrazine groups is 1. The highest BCUT2D eigenvalue weighted by Gasteiger charge is 2.25. The van der Waals surface area contributed by atoms with Crippen molar-refractivity contribution in [3.63, 3.8) is 0 Å². The third-order valence-electron chi connectivity index (χ3n) is 4.14. The largest absolute Gasteiger partial charge is 0.376 e. The van der Waals surface area contributed by atoms with E-state index in [1.807, 2.05) is 41.1 Å². The van der Waals surface area contributed by atoms with E-state index in [9.17, 15) is 9.59 Å². The van der Waals surface area contributed by atoms with Crippen LogP contribution in [0.5, 0.6) is 0 Å². The lowest BCUT2D eigenvalue weighted by molar-refractivity contribution is 0.0972. The number of amides is 2. The Morgan fingerprint density at radius 3 is 2.62 bits per heavy atom. The molecule has 1 aromatic heterocycles. The molecule has 0 spiro atoms. The second-order valence-electron chi connectivity index (χ2n) is 6.11. The number of thiophene rings is 1. The number of fused-ring (bicyclic) bond motifs is 1. The Labute approximate surface area is 182 Å². The number of halogens is 2. The molecule has 150 valence electrons. The van der Waals surface area contributed by atoms with Gasteiger partial charge in [0.05, 0.1) is 16.8 Å². The van der Waals surface area contributed by atoms with E-state index in [0.29, 0.717) is 22.2 Å². The van der Waals surface area contributed by atoms with Gasteiger partial charge in [0.1, 0.15) is 0 Å². The number of hydrogen-bond donors (Lipinski definition) is 4. The molecule has 1 aliphatic heterocycles. The zero-order chi connectivity index (χ0) is 20.8. The van der Waals surface area contributed by atoms with Crippen LogP contribution >= 0.6 is 34.5 Å². The van der Waals surface area contributed by atoms with Gasteiger partial charge in [-0.25, -0.2) is 10.6 Å². The number of para-hydroxylation sites is 1. The molecule has 0 saturated heterocycles. The minimum absolute atomic E-state index is 0.141. The second-order valence-corrected chi connectivity index (χ2v) is 7.93. The Hall–Kier alpha value is -2.58. The molecule has 2 heterocycles. The Balaban J connectivity index is 0.000000170. The van der Waals surface area contributed by atoms with Gasteiger partial charge in [0.15, 0.2) is 5.78 Å². The molecule has 0 bridgehead atoms. The summed E-state index contributed by atoms with van der Waals surface area (Å²) < 4.78 is 0. The predicted octanol–water partition coefficient (Wildman–Crippen LogP) is 5.48. The maximum Gasteiger partial charge on any atom is 0.333 e. The fraction of sp³-hybridized carbons (Fsp3) is 0.100. The van der Waals surface area contributed by atoms with E-state index in [1.54, 1.807) is 23.5 Å². The molecule has 29 heavy (non-hydrogen) atoms. The zero-order valence-electron chi connectivity index (χ0n) is 15.1. The number of Topliss-reactive ketones (excluding diaryl/α,β-unsaturated/α-hetero) is 1. The van der Waals surface area contributed by atoms with E-state index in [-0.39, 0.29) is 11.8 Å². The van der Waals surface area contributed by atoms with Crippen LogP contribution in [-0.4, -0.2) is 11.8 Å². The summed E-state index contributed by atoms with van der Waals surface area (Å²) in [6.07, 6.45) is 0.553. The zero-order valence-corrected chi connectivity index (χ0v) is 17.4. The van der Waals surface area contributed by atoms with E-state index in [4.69, 9.17) is 29.0 Å². The molecule has 1 atom stereocenters. The molecule has 0 fully saturated rings. The van der Waals surface area contributed by atoms with Gasteiger partial charge in [-0.1, -0.05) is 41.4 Å². The average molecular weight is 449 g/mol. The normalized spacial score (nSPS) is 14.7. The highest BCUT2D eigenvalue weighted by Crippen LogP contribution is 2.34. The maximum absolute atomic E-state index is 12.0. The summed E-state index contributed by atoms with van der Waals surface area (Å²) in [5.74, 6) is 5.10. The van der Waals surface area contributed by atoms with Gasteiger partial charge in [0.25, 0.3) is 0 Å². The Morgan fingerprint density at radius 2 is 1.93 bits per heavy atom. The summed E-state index contributed by atoms with van der Waals surface area (Å²) in [4.78, 5) is 24.0. The van der Waals surface area contributed by atoms with Gasteiger partial charge in [0.2, 0.25) is 0 Å². The highest BCUT2D eigenvalue weighted by molar-refractivity contribution is 7.10. The third-order valence-corrected chi connectivity index (χ3v) is 5.68. The van der Waals surface area contributed by atoms with Crippen molar-refractivity contribution >= 4 is 57.7 Å². The first-order chi connectivity index (χ1) is 14.0. The van der Waals surface area contributed by atoms with Crippen molar-refractivity contribution < 1.29 is 9.59 Å². The lowest BCUT2D eigenvalue weighted by Crippen LogP contribution is -2.34. The molecule has 3 aromatic rings. The molecule has 5 N–H and O–H groups in total. The van der Waals surface area contributed by atoms with Crippen molar-refractivity contribution in [2.45, 2.75) is 12.5 Å². The molecule has 9 heteroatoms. The van der Waals surface area contributed by atoms with Gasteiger partial charge < -0.3 is 10.6 Å². The molecule has 2 amide bonds. The van der Waals surface area contributed by atoms with Crippen LogP contribution in [0.2, 0.25) is 10.0 Å². The van der Waals surface area contributed by atoms with Crippen LogP contribution in [0.15, 0.2) is 60.0 Å². The van der Waals surface area contributed by atoms with Gasteiger partial charge in [-0.15, -0.1) is 11.3 Å². The fourth-order valence-electron chi connectivity index (χ4n) is 2.80. The lowest BCUT2D eigenvalue weighted by atomic mass is 9.96. The van der Waals surface area contributed by atoms with E-state index >= 15 is 0 Å². The number of nitrogens with two attached hydrogens (primary N) is 1. The van der Waals surface area contributed by atoms with Crippen LogP contribution in [0.25, 0.3) is 0 Å². The van der Waals surface area contributed by atoms with Crippen molar-refractivity contribution in [1.29, 1.82) is 0 Å². The van der Waals surface area contributed by atoms with Crippen LogP contribution in [0.1, 0.15) is 27.7 Å². The summed E-state index contributed by atoms with van der Waals surface area (Å²) in [6, 6.07) is 16.1. The van der Waals surface area contributed by atoms with Gasteiger partial charge in [-0.3, -0.25) is 10.2 Å². The smallest absolute Gasteiger partial charge is 0.333 e. The summed E-state index contributed by atoms with van der Waals surface area (Å²) in [7, 11) is 0. The van der Waals surface area contributed by atoms with Crippen molar-refractivity contribution in [3.8, 4) is 0 Å². The van der Waals surface area contributed by atoms with Gasteiger partial charge >= 0.3 is 6.03 Å². The standard InChI is InChI=1S/C13H11NOS.C7H7Cl2N3O/c15-12-8-11(13-6-3-7-16-13)14-10-5-2-1-4-9(10)12;8-4-1-2-6(5(9)3-4)11-7(13)12-10/h1-7,11,14H,8H2;1-3H,10H2,(H2,11,12,13). The SMILES string of the molecule is NNC(=O)Nc1ccc(Cl)cc1Cl.O=C1CC(c2cccs2)Nc2ccccc21. The molecule has 0 radical (unpaired) electrons. The van der Waals surface area contributed by atoms with Crippen LogP contribution in [0, 0.1) is 0 Å². The van der Waals surface area contributed by atoms with Gasteiger partial charge in [-0.2, -0.15) is 0 Å². The number of urea groups is 1. The van der Waals surface area contributed by atoms with E-state index < -0.39 is 6.03 Å². The summed E-state index contributed by atoms with van der Waals surface area (Å²) in [5, 5.41) is 8.75. The number of carbonyl (C=O) groups excluding carboxylic acids is 2. The van der Waals surface area contributed by atoms with Gasteiger partial charge in [0, 0.05) is 27.6 Å². The third kappa shape index (κ3) is 5.48. The minimum Gasteiger partial charge on any atom is -0.376 e. The van der Waals surface area contributed by atoms with Gasteiger partial charge in [-0.05, 0) is 41.8 Å². The van der Waals surface area contributed by atoms with Crippen LogP contribution in [0.3, 0.4) is 0 Å².